The van der Waals surface area contributed by atoms with Gasteiger partial charge in [0.25, 0.3) is 0 Å². The zero-order chi connectivity index (χ0) is 20.4. The first kappa shape index (κ1) is 21.8. The molecular formula is C18H28N4O6. The van der Waals surface area contributed by atoms with E-state index in [4.69, 9.17) is 14.0 Å². The fourth-order valence-corrected chi connectivity index (χ4v) is 2.76. The Morgan fingerprint density at radius 3 is 2.79 bits per heavy atom. The van der Waals surface area contributed by atoms with Gasteiger partial charge >= 0.3 is 0 Å². The van der Waals surface area contributed by atoms with Gasteiger partial charge in [-0.15, -0.1) is 0 Å². The van der Waals surface area contributed by atoms with Gasteiger partial charge in [-0.1, -0.05) is 5.16 Å². The van der Waals surface area contributed by atoms with Crippen molar-refractivity contribution in [2.24, 2.45) is 0 Å². The van der Waals surface area contributed by atoms with Gasteiger partial charge in [0.2, 0.25) is 17.7 Å². The largest absolute Gasteiger partial charge is 0.383 e. The number of hydrogen-bond donors (Lipinski definition) is 2. The number of methoxy groups -OCH3 is 1. The van der Waals surface area contributed by atoms with E-state index in [2.05, 4.69) is 15.8 Å². The average Bonchev–Trinajstić information content (AvgIpc) is 3.33. The molecule has 28 heavy (non-hydrogen) atoms. The van der Waals surface area contributed by atoms with Crippen LogP contribution >= 0.6 is 0 Å². The highest BCUT2D eigenvalue weighted by molar-refractivity contribution is 5.93. The molecule has 0 spiro atoms. The highest BCUT2D eigenvalue weighted by Crippen LogP contribution is 2.11. The molecule has 0 unspecified atom stereocenters. The molecule has 3 amide bonds. The molecule has 10 heteroatoms. The van der Waals surface area contributed by atoms with Crippen LogP contribution in [0.1, 0.15) is 31.4 Å². The van der Waals surface area contributed by atoms with Crippen LogP contribution in [-0.2, 0) is 23.9 Å². The number of ether oxygens (including phenoxy) is 2. The van der Waals surface area contributed by atoms with Crippen molar-refractivity contribution in [2.45, 2.75) is 38.7 Å². The maximum atomic E-state index is 12.5. The van der Waals surface area contributed by atoms with Crippen molar-refractivity contribution in [1.82, 2.24) is 15.4 Å². The summed E-state index contributed by atoms with van der Waals surface area (Å²) in [6.07, 6.45) is 1.91. The number of nitrogens with one attached hydrogen (secondary N) is 2. The summed E-state index contributed by atoms with van der Waals surface area (Å²) >= 11 is 0. The number of rotatable bonds is 11. The maximum Gasteiger partial charge on any atom is 0.239 e. The number of hydrogen-bond acceptors (Lipinski definition) is 7. The highest BCUT2D eigenvalue weighted by atomic mass is 16.5. The summed E-state index contributed by atoms with van der Waals surface area (Å²) in [5.41, 5.74) is 0. The number of anilines is 1. The van der Waals surface area contributed by atoms with Crippen LogP contribution in [0.25, 0.3) is 0 Å². The van der Waals surface area contributed by atoms with E-state index in [0.717, 1.165) is 19.4 Å². The lowest BCUT2D eigenvalue weighted by molar-refractivity contribution is -0.137. The molecule has 1 saturated heterocycles. The Bertz CT molecular complexity index is 656. The van der Waals surface area contributed by atoms with E-state index in [9.17, 15) is 14.4 Å². The van der Waals surface area contributed by atoms with Gasteiger partial charge in [-0.05, 0) is 19.8 Å². The third-order valence-electron chi connectivity index (χ3n) is 4.26. The molecule has 10 nitrogen and oxygen atoms in total. The molecule has 1 atom stereocenters. The van der Waals surface area contributed by atoms with E-state index in [0.29, 0.717) is 24.7 Å². The molecule has 1 aliphatic rings. The predicted molar refractivity (Wildman–Crippen MR) is 99.5 cm³/mol. The molecule has 1 aromatic heterocycles. The van der Waals surface area contributed by atoms with Gasteiger partial charge in [0, 0.05) is 45.7 Å². The van der Waals surface area contributed by atoms with E-state index >= 15 is 0 Å². The Balaban J connectivity index is 1.76. The second kappa shape index (κ2) is 11.4. The Labute approximate surface area is 163 Å². The second-order valence-electron chi connectivity index (χ2n) is 6.62. The summed E-state index contributed by atoms with van der Waals surface area (Å²) in [6, 6.07) is 1.59. The van der Waals surface area contributed by atoms with Crippen molar-refractivity contribution in [3.05, 3.63) is 11.8 Å². The molecule has 1 aliphatic heterocycles. The summed E-state index contributed by atoms with van der Waals surface area (Å²) in [5, 5.41) is 9.02. The average molecular weight is 396 g/mol. The van der Waals surface area contributed by atoms with Crippen molar-refractivity contribution < 1.29 is 28.4 Å². The van der Waals surface area contributed by atoms with Gasteiger partial charge < -0.3 is 29.5 Å². The molecule has 0 aromatic carbocycles. The number of aromatic nitrogens is 1. The summed E-state index contributed by atoms with van der Waals surface area (Å²) in [5.74, 6) is -0.0275. The fraction of sp³-hybridized carbons (Fsp3) is 0.667. The van der Waals surface area contributed by atoms with E-state index < -0.39 is 0 Å². The van der Waals surface area contributed by atoms with Gasteiger partial charge in [0.05, 0.1) is 19.3 Å². The molecule has 1 fully saturated rings. The summed E-state index contributed by atoms with van der Waals surface area (Å²) in [4.78, 5) is 38.0. The highest BCUT2D eigenvalue weighted by Gasteiger charge is 2.20. The van der Waals surface area contributed by atoms with Crippen molar-refractivity contribution >= 4 is 23.5 Å². The van der Waals surface area contributed by atoms with Crippen molar-refractivity contribution in [3.8, 4) is 0 Å². The quantitative estimate of drug-likeness (QED) is 0.557. The Hall–Kier alpha value is -2.46. The standard InChI is InChI=1S/C18H28N4O6/c1-13-10-15(21-28-13)20-16(23)5-6-18(25)22(7-9-26-2)12-17(24)19-11-14-4-3-8-27-14/h10,14H,3-9,11-12H2,1-2H3,(H,19,24)(H,20,21,23)/t14-/m0/s1. The van der Waals surface area contributed by atoms with Gasteiger partial charge in [0.1, 0.15) is 5.76 Å². The van der Waals surface area contributed by atoms with Crippen LogP contribution in [0.3, 0.4) is 0 Å². The fourth-order valence-electron chi connectivity index (χ4n) is 2.76. The van der Waals surface area contributed by atoms with E-state index in [1.807, 2.05) is 0 Å². The topological polar surface area (TPSA) is 123 Å². The van der Waals surface area contributed by atoms with Crippen molar-refractivity contribution in [1.29, 1.82) is 0 Å². The second-order valence-corrected chi connectivity index (χ2v) is 6.62. The number of carbonyl (C=O) groups excluding carboxylic acids is 3. The lowest BCUT2D eigenvalue weighted by Crippen LogP contribution is -2.44. The van der Waals surface area contributed by atoms with Crippen LogP contribution in [-0.4, -0.2) is 73.8 Å². The molecular weight excluding hydrogens is 368 g/mol. The first-order valence-corrected chi connectivity index (χ1v) is 9.36. The molecule has 1 aromatic rings. The lowest BCUT2D eigenvalue weighted by atomic mass is 10.2. The smallest absolute Gasteiger partial charge is 0.239 e. The minimum atomic E-state index is -0.351. The summed E-state index contributed by atoms with van der Waals surface area (Å²) in [6.45, 7) is 3.35. The number of nitrogens with zero attached hydrogens (tertiary/aromatic N) is 2. The minimum Gasteiger partial charge on any atom is -0.383 e. The third-order valence-corrected chi connectivity index (χ3v) is 4.26. The molecule has 0 bridgehead atoms. The normalized spacial score (nSPS) is 16.0. The molecule has 0 aliphatic carbocycles. The first-order chi connectivity index (χ1) is 13.5. The molecule has 0 saturated carbocycles. The summed E-state index contributed by atoms with van der Waals surface area (Å²) < 4.78 is 15.3. The molecule has 0 radical (unpaired) electrons. The van der Waals surface area contributed by atoms with Crippen LogP contribution in [0, 0.1) is 6.92 Å². The van der Waals surface area contributed by atoms with Crippen molar-refractivity contribution in [3.63, 3.8) is 0 Å². The zero-order valence-corrected chi connectivity index (χ0v) is 16.4. The number of aryl methyl sites for hydroxylation is 1. The number of carbonyl (C=O) groups is 3. The molecule has 2 rings (SSSR count). The predicted octanol–water partition coefficient (Wildman–Crippen LogP) is 0.472. The molecule has 2 N–H and O–H groups in total. The van der Waals surface area contributed by atoms with Crippen LogP contribution < -0.4 is 10.6 Å². The SMILES string of the molecule is COCCN(CC(=O)NC[C@@H]1CCCO1)C(=O)CCC(=O)Nc1cc(C)on1. The third kappa shape index (κ3) is 7.65. The van der Waals surface area contributed by atoms with Crippen molar-refractivity contribution in [2.75, 3.05) is 45.3 Å². The lowest BCUT2D eigenvalue weighted by Gasteiger charge is -2.22. The van der Waals surface area contributed by atoms with Crippen LogP contribution in [0.5, 0.6) is 0 Å². The summed E-state index contributed by atoms with van der Waals surface area (Å²) in [7, 11) is 1.52. The van der Waals surface area contributed by atoms with Crippen LogP contribution in [0.15, 0.2) is 10.6 Å². The first-order valence-electron chi connectivity index (χ1n) is 9.36. The van der Waals surface area contributed by atoms with E-state index in [-0.39, 0.29) is 49.8 Å². The number of amides is 3. The molecule has 156 valence electrons. The van der Waals surface area contributed by atoms with Crippen LogP contribution in [0.2, 0.25) is 0 Å². The Kier molecular flexibility index (Phi) is 8.89. The minimum absolute atomic E-state index is 0.0221. The van der Waals surface area contributed by atoms with E-state index in [1.165, 1.54) is 12.0 Å². The molecule has 2 heterocycles. The Morgan fingerprint density at radius 2 is 2.14 bits per heavy atom. The van der Waals surface area contributed by atoms with E-state index in [1.54, 1.807) is 13.0 Å². The monoisotopic (exact) mass is 396 g/mol. The van der Waals surface area contributed by atoms with Crippen LogP contribution in [0.4, 0.5) is 5.82 Å². The van der Waals surface area contributed by atoms with Gasteiger partial charge in [0.15, 0.2) is 5.82 Å². The van der Waals surface area contributed by atoms with Gasteiger partial charge in [-0.3, -0.25) is 14.4 Å². The Morgan fingerprint density at radius 1 is 1.32 bits per heavy atom. The van der Waals surface area contributed by atoms with Gasteiger partial charge in [-0.25, -0.2) is 0 Å². The van der Waals surface area contributed by atoms with Gasteiger partial charge in [-0.2, -0.15) is 0 Å². The zero-order valence-electron chi connectivity index (χ0n) is 16.4. The maximum absolute atomic E-state index is 12.5.